The molecule has 1 saturated heterocycles. The van der Waals surface area contributed by atoms with Gasteiger partial charge in [0.15, 0.2) is 0 Å². The topological polar surface area (TPSA) is 74.2 Å². The molecule has 1 amide bonds. The van der Waals surface area contributed by atoms with E-state index in [1.165, 1.54) is 0 Å². The third-order valence-electron chi connectivity index (χ3n) is 4.70. The molecule has 1 fully saturated rings. The molecule has 28 heavy (non-hydrogen) atoms. The quantitative estimate of drug-likeness (QED) is 0.744. The predicted octanol–water partition coefficient (Wildman–Crippen LogP) is 2.51. The van der Waals surface area contributed by atoms with Crippen molar-refractivity contribution in [1.29, 1.82) is 0 Å². The highest BCUT2D eigenvalue weighted by atomic mass is 16.2. The van der Waals surface area contributed by atoms with Crippen molar-refractivity contribution >= 4 is 17.5 Å². The second-order valence-corrected chi connectivity index (χ2v) is 7.40. The molecule has 1 unspecified atom stereocenters. The predicted molar refractivity (Wildman–Crippen MR) is 110 cm³/mol. The van der Waals surface area contributed by atoms with Gasteiger partial charge in [-0.25, -0.2) is 15.0 Å². The summed E-state index contributed by atoms with van der Waals surface area (Å²) in [5, 5.41) is 3.20. The molecule has 2 aromatic rings. The van der Waals surface area contributed by atoms with Crippen molar-refractivity contribution < 1.29 is 4.79 Å². The number of carbonyl (C=O) groups is 1. The highest BCUT2D eigenvalue weighted by molar-refractivity contribution is 5.87. The van der Waals surface area contributed by atoms with Crippen LogP contribution in [0.4, 0.5) is 11.6 Å². The Hall–Kier alpha value is -2.80. The molecular formula is C21H28N6O. The minimum atomic E-state index is 0.103. The van der Waals surface area contributed by atoms with E-state index in [4.69, 9.17) is 0 Å². The van der Waals surface area contributed by atoms with E-state index in [1.54, 1.807) is 18.6 Å². The fraction of sp³-hybridized carbons (Fsp3) is 0.429. The number of pyridine rings is 1. The molecule has 3 rings (SSSR count). The van der Waals surface area contributed by atoms with E-state index in [0.29, 0.717) is 5.92 Å². The molecule has 1 N–H and O–H groups in total. The summed E-state index contributed by atoms with van der Waals surface area (Å²) in [6, 6.07) is 7.67. The van der Waals surface area contributed by atoms with Gasteiger partial charge >= 0.3 is 0 Å². The van der Waals surface area contributed by atoms with Crippen molar-refractivity contribution in [2.45, 2.75) is 19.3 Å². The zero-order valence-electron chi connectivity index (χ0n) is 16.6. The lowest BCUT2D eigenvalue weighted by atomic mass is 9.93. The first kappa shape index (κ1) is 19.9. The minimum Gasteiger partial charge on any atom is -0.339 e. The average Bonchev–Trinajstić information content (AvgIpc) is 2.69. The summed E-state index contributed by atoms with van der Waals surface area (Å²) in [6.45, 7) is 2.38. The molecule has 1 aliphatic rings. The molecule has 3 heterocycles. The maximum atomic E-state index is 12.4. The Bertz CT molecular complexity index is 792. The van der Waals surface area contributed by atoms with Crippen molar-refractivity contribution in [2.24, 2.45) is 5.92 Å². The van der Waals surface area contributed by atoms with Crippen LogP contribution in [0.5, 0.6) is 0 Å². The number of hydrogen-bond donors (Lipinski definition) is 1. The van der Waals surface area contributed by atoms with Crippen LogP contribution in [0.25, 0.3) is 0 Å². The summed E-state index contributed by atoms with van der Waals surface area (Å²) < 4.78 is 0. The second kappa shape index (κ2) is 9.94. The van der Waals surface area contributed by atoms with Gasteiger partial charge in [-0.1, -0.05) is 12.1 Å². The zero-order valence-corrected chi connectivity index (χ0v) is 16.6. The standard InChI is InChI=1S/C21H28N6O/c1-26(2)11-6-9-21(28)27-12-5-7-17(15-27)13-18-14-20(24-16-23-18)25-19-8-3-4-10-22-19/h3-4,6,8-10,14,16-17H,5,7,11-13,15H2,1-2H3,(H,22,23,24,25)/b9-6+. The minimum absolute atomic E-state index is 0.103. The van der Waals surface area contributed by atoms with Crippen LogP contribution in [-0.4, -0.2) is 64.4 Å². The van der Waals surface area contributed by atoms with Crippen LogP contribution in [0.3, 0.4) is 0 Å². The SMILES string of the molecule is CN(C)C/C=C/C(=O)N1CCCC(Cc2cc(Nc3ccccn3)ncn2)C1. The third kappa shape index (κ3) is 6.13. The largest absolute Gasteiger partial charge is 0.339 e. The number of likely N-dealkylation sites (N-methyl/N-ethyl adjacent to an activating group) is 1. The lowest BCUT2D eigenvalue weighted by Gasteiger charge is -2.32. The second-order valence-electron chi connectivity index (χ2n) is 7.40. The molecule has 7 nitrogen and oxygen atoms in total. The molecule has 0 bridgehead atoms. The van der Waals surface area contributed by atoms with Crippen LogP contribution >= 0.6 is 0 Å². The normalized spacial score (nSPS) is 17.2. The van der Waals surface area contributed by atoms with Gasteiger partial charge in [0.25, 0.3) is 0 Å². The van der Waals surface area contributed by atoms with Gasteiger partial charge in [-0.15, -0.1) is 0 Å². The Balaban J connectivity index is 1.57. The summed E-state index contributed by atoms with van der Waals surface area (Å²) in [5.41, 5.74) is 0.982. The van der Waals surface area contributed by atoms with Crippen LogP contribution in [0, 0.1) is 5.92 Å². The van der Waals surface area contributed by atoms with Crippen LogP contribution < -0.4 is 5.32 Å². The lowest BCUT2D eigenvalue weighted by Crippen LogP contribution is -2.39. The summed E-state index contributed by atoms with van der Waals surface area (Å²) >= 11 is 0. The van der Waals surface area contributed by atoms with Gasteiger partial charge in [0.05, 0.1) is 0 Å². The van der Waals surface area contributed by atoms with Crippen molar-refractivity contribution in [2.75, 3.05) is 39.0 Å². The van der Waals surface area contributed by atoms with E-state index in [1.807, 2.05) is 54.2 Å². The summed E-state index contributed by atoms with van der Waals surface area (Å²) in [5.74, 6) is 2.01. The molecule has 7 heteroatoms. The van der Waals surface area contributed by atoms with Crippen LogP contribution in [0.1, 0.15) is 18.5 Å². The van der Waals surface area contributed by atoms with Crippen LogP contribution in [0.15, 0.2) is 48.9 Å². The molecule has 1 aliphatic heterocycles. The summed E-state index contributed by atoms with van der Waals surface area (Å²) in [4.78, 5) is 29.4. The monoisotopic (exact) mass is 380 g/mol. The highest BCUT2D eigenvalue weighted by Crippen LogP contribution is 2.21. The number of nitrogens with one attached hydrogen (secondary N) is 1. The highest BCUT2D eigenvalue weighted by Gasteiger charge is 2.23. The average molecular weight is 380 g/mol. The zero-order chi connectivity index (χ0) is 19.8. The summed E-state index contributed by atoms with van der Waals surface area (Å²) in [6.07, 6.45) is 9.92. The fourth-order valence-electron chi connectivity index (χ4n) is 3.34. The number of carbonyl (C=O) groups excluding carboxylic acids is 1. The van der Waals surface area contributed by atoms with E-state index >= 15 is 0 Å². The van der Waals surface area contributed by atoms with Gasteiger partial charge in [0.1, 0.15) is 18.0 Å². The van der Waals surface area contributed by atoms with E-state index in [9.17, 15) is 4.79 Å². The van der Waals surface area contributed by atoms with Crippen molar-refractivity contribution in [3.63, 3.8) is 0 Å². The molecule has 0 aliphatic carbocycles. The molecule has 0 radical (unpaired) electrons. The van der Waals surface area contributed by atoms with Crippen molar-refractivity contribution in [3.8, 4) is 0 Å². The summed E-state index contributed by atoms with van der Waals surface area (Å²) in [7, 11) is 3.98. The van der Waals surface area contributed by atoms with E-state index < -0.39 is 0 Å². The lowest BCUT2D eigenvalue weighted by molar-refractivity contribution is -0.127. The number of rotatable bonds is 7. The molecule has 1 atom stereocenters. The maximum Gasteiger partial charge on any atom is 0.246 e. The van der Waals surface area contributed by atoms with Gasteiger partial charge < -0.3 is 15.1 Å². The number of piperidine rings is 1. The number of hydrogen-bond acceptors (Lipinski definition) is 6. The molecule has 0 spiro atoms. The van der Waals surface area contributed by atoms with Crippen LogP contribution in [-0.2, 0) is 11.2 Å². The van der Waals surface area contributed by atoms with Crippen molar-refractivity contribution in [3.05, 3.63) is 54.6 Å². The molecular weight excluding hydrogens is 352 g/mol. The third-order valence-corrected chi connectivity index (χ3v) is 4.70. The number of amides is 1. The van der Waals surface area contributed by atoms with E-state index in [2.05, 4.69) is 20.3 Å². The Morgan fingerprint density at radius 2 is 2.18 bits per heavy atom. The van der Waals surface area contributed by atoms with Gasteiger partial charge in [-0.2, -0.15) is 0 Å². The number of anilines is 2. The molecule has 148 valence electrons. The van der Waals surface area contributed by atoms with Crippen molar-refractivity contribution in [1.82, 2.24) is 24.8 Å². The number of nitrogens with zero attached hydrogens (tertiary/aromatic N) is 5. The Morgan fingerprint density at radius 3 is 2.96 bits per heavy atom. The smallest absolute Gasteiger partial charge is 0.246 e. The van der Waals surface area contributed by atoms with Gasteiger partial charge in [-0.05, 0) is 51.4 Å². The number of aromatic nitrogens is 3. The van der Waals surface area contributed by atoms with Gasteiger partial charge in [-0.3, -0.25) is 4.79 Å². The first-order valence-electron chi connectivity index (χ1n) is 9.69. The fourth-order valence-corrected chi connectivity index (χ4v) is 3.34. The maximum absolute atomic E-state index is 12.4. The molecule has 2 aromatic heterocycles. The van der Waals surface area contributed by atoms with Gasteiger partial charge in [0.2, 0.25) is 5.91 Å². The first-order valence-corrected chi connectivity index (χ1v) is 9.69. The van der Waals surface area contributed by atoms with E-state index in [-0.39, 0.29) is 5.91 Å². The first-order chi connectivity index (χ1) is 13.6. The van der Waals surface area contributed by atoms with Gasteiger partial charge in [0, 0.05) is 43.7 Å². The number of likely N-dealkylation sites (tertiary alicyclic amines) is 1. The van der Waals surface area contributed by atoms with E-state index in [0.717, 1.165) is 56.2 Å². The van der Waals surface area contributed by atoms with Crippen LogP contribution in [0.2, 0.25) is 0 Å². The molecule has 0 saturated carbocycles. The Labute approximate surface area is 166 Å². The molecule has 0 aromatic carbocycles. The Kier molecular flexibility index (Phi) is 7.08. The Morgan fingerprint density at radius 1 is 1.29 bits per heavy atom.